The van der Waals surface area contributed by atoms with Crippen LogP contribution in [0.5, 0.6) is 23.0 Å². The third kappa shape index (κ3) is 5.83. The van der Waals surface area contributed by atoms with Gasteiger partial charge >= 0.3 is 18.5 Å². The molecule has 0 amide bonds. The van der Waals surface area contributed by atoms with Crippen molar-refractivity contribution in [1.82, 2.24) is 0 Å². The number of benzene rings is 5. The van der Waals surface area contributed by atoms with Gasteiger partial charge in [-0.2, -0.15) is 39.5 Å². The Balaban J connectivity index is 1.37. The molecular weight excluding hydrogens is 659 g/mol. The molecule has 248 valence electrons. The highest BCUT2D eigenvalue weighted by Crippen LogP contribution is 2.53. The third-order valence-corrected chi connectivity index (χ3v) is 8.49. The summed E-state index contributed by atoms with van der Waals surface area (Å²) in [6.07, 6.45) is -8.79. The minimum Gasteiger partial charge on any atom is -0.457 e. The maximum absolute atomic E-state index is 15.7. The van der Waals surface area contributed by atoms with Gasteiger partial charge in [0.05, 0.1) is 11.1 Å². The summed E-state index contributed by atoms with van der Waals surface area (Å²) in [7, 11) is 0. The molecule has 0 N–H and O–H groups in total. The highest BCUT2D eigenvalue weighted by atomic mass is 19.4. The van der Waals surface area contributed by atoms with E-state index in [1.807, 2.05) is 24.3 Å². The molecule has 0 bridgehead atoms. The molecule has 5 aromatic carbocycles. The molecule has 11 heteroatoms. The summed E-state index contributed by atoms with van der Waals surface area (Å²) in [5, 5.41) is 0. The van der Waals surface area contributed by atoms with Crippen molar-refractivity contribution in [3.63, 3.8) is 0 Å². The van der Waals surface area contributed by atoms with Gasteiger partial charge in [-0.1, -0.05) is 60.7 Å². The zero-order valence-corrected chi connectivity index (χ0v) is 24.8. The maximum Gasteiger partial charge on any atom is 0.416 e. The summed E-state index contributed by atoms with van der Waals surface area (Å²) in [5.74, 6) is 0.954. The van der Waals surface area contributed by atoms with E-state index in [1.165, 1.54) is 24.3 Å². The fourth-order valence-electron chi connectivity index (χ4n) is 5.97. The van der Waals surface area contributed by atoms with Crippen LogP contribution in [0.25, 0.3) is 24.3 Å². The van der Waals surface area contributed by atoms with Gasteiger partial charge < -0.3 is 9.47 Å². The highest BCUT2D eigenvalue weighted by molar-refractivity contribution is 5.86. The average Bonchev–Trinajstić information content (AvgIpc) is 3.00. The van der Waals surface area contributed by atoms with Gasteiger partial charge in [-0.3, -0.25) is 0 Å². The summed E-state index contributed by atoms with van der Waals surface area (Å²) >= 11 is 0. The molecule has 2 aliphatic carbocycles. The molecule has 7 rings (SSSR count). The molecule has 0 aromatic heterocycles. The van der Waals surface area contributed by atoms with Crippen molar-refractivity contribution in [3.05, 3.63) is 153 Å². The van der Waals surface area contributed by atoms with E-state index in [2.05, 4.69) is 0 Å². The van der Waals surface area contributed by atoms with Gasteiger partial charge in [-0.25, -0.2) is 0 Å². The van der Waals surface area contributed by atoms with Crippen LogP contribution in [-0.2, 0) is 17.8 Å². The maximum atomic E-state index is 15.7. The number of hydrogen-bond acceptors (Lipinski definition) is 2. The third-order valence-electron chi connectivity index (χ3n) is 8.49. The van der Waals surface area contributed by atoms with Crippen LogP contribution in [0.2, 0.25) is 0 Å². The normalized spacial score (nSPS) is 13.7. The minimum atomic E-state index is -5.45. The van der Waals surface area contributed by atoms with Crippen LogP contribution < -0.4 is 9.47 Å². The van der Waals surface area contributed by atoms with Gasteiger partial charge in [0.2, 0.25) is 0 Å². The van der Waals surface area contributed by atoms with Crippen molar-refractivity contribution >= 4 is 24.3 Å². The second-order valence-electron chi connectivity index (χ2n) is 11.5. The van der Waals surface area contributed by atoms with Crippen molar-refractivity contribution in [2.45, 2.75) is 23.9 Å². The molecule has 5 aromatic rings. The van der Waals surface area contributed by atoms with Gasteiger partial charge in [0.25, 0.3) is 0 Å². The average molecular weight is 681 g/mol. The van der Waals surface area contributed by atoms with Gasteiger partial charge in [0.15, 0.2) is 0 Å². The molecule has 2 aliphatic rings. The lowest BCUT2D eigenvalue weighted by Gasteiger charge is -2.38. The monoisotopic (exact) mass is 680 g/mol. The Morgan fingerprint density at radius 3 is 0.980 bits per heavy atom. The van der Waals surface area contributed by atoms with E-state index in [4.69, 9.17) is 9.47 Å². The molecule has 0 aliphatic heterocycles. The van der Waals surface area contributed by atoms with E-state index in [1.54, 1.807) is 36.4 Å². The molecule has 0 fully saturated rings. The highest BCUT2D eigenvalue weighted by Gasteiger charge is 2.59. The Bertz CT molecular complexity index is 1980. The minimum absolute atomic E-state index is 0.0974. The van der Waals surface area contributed by atoms with Gasteiger partial charge in [-0.15, -0.1) is 0 Å². The Morgan fingerprint density at radius 1 is 0.327 bits per heavy atom. The van der Waals surface area contributed by atoms with Crippen LogP contribution in [0.4, 0.5) is 39.5 Å². The van der Waals surface area contributed by atoms with Crippen molar-refractivity contribution < 1.29 is 49.0 Å². The van der Waals surface area contributed by atoms with E-state index in [0.29, 0.717) is 11.5 Å². The lowest BCUT2D eigenvalue weighted by molar-refractivity contribution is -0.167. The van der Waals surface area contributed by atoms with E-state index in [-0.39, 0.29) is 29.7 Å². The van der Waals surface area contributed by atoms with E-state index < -0.39 is 51.8 Å². The van der Waals surface area contributed by atoms with Crippen LogP contribution in [0.3, 0.4) is 0 Å². The first-order chi connectivity index (χ1) is 23.1. The first-order valence-corrected chi connectivity index (χ1v) is 14.7. The lowest BCUT2D eigenvalue weighted by Crippen LogP contribution is -2.45. The molecule has 0 spiro atoms. The number of alkyl halides is 9. The number of ether oxygens (including phenoxy) is 2. The quantitative estimate of drug-likeness (QED) is 0.123. The van der Waals surface area contributed by atoms with E-state index in [0.717, 1.165) is 46.5 Å². The van der Waals surface area contributed by atoms with Crippen LogP contribution in [-0.4, -0.2) is 6.18 Å². The number of rotatable bonds is 7. The molecule has 0 saturated heterocycles. The Labute approximate surface area is 273 Å². The summed E-state index contributed by atoms with van der Waals surface area (Å²) in [6, 6.07) is 19.0. The molecule has 2 nitrogen and oxygen atoms in total. The molecule has 0 unspecified atom stereocenters. The topological polar surface area (TPSA) is 18.5 Å². The van der Waals surface area contributed by atoms with E-state index in [9.17, 15) is 26.3 Å². The fraction of sp³-hybridized carbons (Fsp3) is 0.105. The molecule has 0 heterocycles. The molecule has 0 saturated carbocycles. The zero-order valence-electron chi connectivity index (χ0n) is 24.8. The standard InChI is InChI=1S/C38H21F9O2/c39-36(40,41)29-19-28(20-30(21-29)37(42,43)44)35(38(45,46)47,26-7-13-31(14-8-26)48-33-11-5-22-1-3-24(22)17-33)27-9-15-32(16-10-27)49-34-12-6-23-2-4-25(23)18-34/h1-21H. The molecular formula is C38H21F9O2. The summed E-state index contributed by atoms with van der Waals surface area (Å²) in [4.78, 5) is 0. The van der Waals surface area contributed by atoms with Crippen molar-refractivity contribution in [2.75, 3.05) is 0 Å². The van der Waals surface area contributed by atoms with Crippen LogP contribution in [0, 0.1) is 0 Å². The second kappa shape index (κ2) is 11.3. The second-order valence-corrected chi connectivity index (χ2v) is 11.5. The molecule has 0 atom stereocenters. The Kier molecular flexibility index (Phi) is 7.42. The van der Waals surface area contributed by atoms with Crippen molar-refractivity contribution in [3.8, 4) is 23.0 Å². The van der Waals surface area contributed by atoms with Crippen LogP contribution in [0.15, 0.2) is 103 Å². The Morgan fingerprint density at radius 2 is 0.673 bits per heavy atom. The van der Waals surface area contributed by atoms with Crippen LogP contribution in [0.1, 0.15) is 50.1 Å². The molecule has 49 heavy (non-hydrogen) atoms. The lowest BCUT2D eigenvalue weighted by atomic mass is 9.68. The fourth-order valence-corrected chi connectivity index (χ4v) is 5.97. The summed E-state index contributed by atoms with van der Waals surface area (Å²) in [6.45, 7) is 0. The first-order valence-electron chi connectivity index (χ1n) is 14.7. The van der Waals surface area contributed by atoms with Crippen molar-refractivity contribution in [2.24, 2.45) is 0 Å². The van der Waals surface area contributed by atoms with Crippen LogP contribution >= 0.6 is 0 Å². The number of hydrogen-bond donors (Lipinski definition) is 0. The summed E-state index contributed by atoms with van der Waals surface area (Å²) in [5.41, 5.74) is -6.07. The predicted molar refractivity (Wildman–Crippen MR) is 166 cm³/mol. The summed E-state index contributed by atoms with van der Waals surface area (Å²) < 4.78 is 143. The zero-order chi connectivity index (χ0) is 34.8. The van der Waals surface area contributed by atoms with Gasteiger partial charge in [0.1, 0.15) is 28.4 Å². The smallest absolute Gasteiger partial charge is 0.416 e. The Hall–Kier alpha value is -5.45. The molecule has 0 radical (unpaired) electrons. The number of fused-ring (bicyclic) bond motifs is 2. The van der Waals surface area contributed by atoms with Gasteiger partial charge in [-0.05, 0) is 106 Å². The SMILES string of the molecule is FC(F)(F)c1cc(C(F)(F)F)cc(C(c2ccc(Oc3ccc4c(c3)C=C4)cc2)(c2ccc(Oc3ccc4c(c3)C=C4)cc2)C(F)(F)F)c1. The largest absolute Gasteiger partial charge is 0.457 e. The van der Waals surface area contributed by atoms with Gasteiger partial charge in [0, 0.05) is 0 Å². The van der Waals surface area contributed by atoms with E-state index >= 15 is 13.2 Å². The predicted octanol–water partition coefficient (Wildman–Crippen LogP) is 12.2. The van der Waals surface area contributed by atoms with Crippen molar-refractivity contribution in [1.29, 1.82) is 0 Å². The number of halogens is 9. The first kappa shape index (κ1) is 32.1.